The van der Waals surface area contributed by atoms with Crippen LogP contribution in [0.1, 0.15) is 6.42 Å². The maximum Gasteiger partial charge on any atom is 0.219 e. The minimum Gasteiger partial charge on any atom is -0.370 e. The minimum absolute atomic E-state index is 0.0654. The van der Waals surface area contributed by atoms with E-state index in [9.17, 15) is 9.18 Å². The molecule has 4 nitrogen and oxygen atoms in total. The highest BCUT2D eigenvalue weighted by Crippen LogP contribution is 2.14. The summed E-state index contributed by atoms with van der Waals surface area (Å²) in [5, 5.41) is 2.85. The number of hydrogen-bond acceptors (Lipinski definition) is 3. The van der Waals surface area contributed by atoms with Gasteiger partial charge in [-0.15, -0.1) is 0 Å². The van der Waals surface area contributed by atoms with Crippen LogP contribution < -0.4 is 11.1 Å². The number of aromatic nitrogens is 1. The van der Waals surface area contributed by atoms with Gasteiger partial charge in [-0.25, -0.2) is 9.37 Å². The molecule has 0 aliphatic rings. The number of rotatable bonds is 4. The summed E-state index contributed by atoms with van der Waals surface area (Å²) in [6.07, 6.45) is 1.45. The zero-order valence-corrected chi connectivity index (χ0v) is 8.01. The summed E-state index contributed by atoms with van der Waals surface area (Å²) >= 11 is 5.50. The fourth-order valence-electron chi connectivity index (χ4n) is 0.849. The predicted molar refractivity (Wildman–Crippen MR) is 51.5 cm³/mol. The lowest BCUT2D eigenvalue weighted by Crippen LogP contribution is -2.16. The van der Waals surface area contributed by atoms with Gasteiger partial charge in [-0.3, -0.25) is 4.79 Å². The Balaban J connectivity index is 2.55. The molecule has 14 heavy (non-hydrogen) atoms. The van der Waals surface area contributed by atoms with E-state index in [1.807, 2.05) is 0 Å². The van der Waals surface area contributed by atoms with Gasteiger partial charge in [0.1, 0.15) is 0 Å². The van der Waals surface area contributed by atoms with E-state index in [0.29, 0.717) is 0 Å². The zero-order chi connectivity index (χ0) is 10.6. The molecule has 1 heterocycles. The van der Waals surface area contributed by atoms with Crippen LogP contribution in [-0.4, -0.2) is 17.4 Å². The molecular formula is C8H9ClFN3O. The largest absolute Gasteiger partial charge is 0.370 e. The second kappa shape index (κ2) is 4.76. The van der Waals surface area contributed by atoms with E-state index in [-0.39, 0.29) is 23.8 Å². The normalized spacial score (nSPS) is 9.86. The molecule has 0 aliphatic carbocycles. The average molecular weight is 218 g/mol. The summed E-state index contributed by atoms with van der Waals surface area (Å²) in [5.41, 5.74) is 4.90. The van der Waals surface area contributed by atoms with E-state index in [4.69, 9.17) is 17.3 Å². The number of halogens is 2. The van der Waals surface area contributed by atoms with Crippen molar-refractivity contribution in [2.24, 2.45) is 5.73 Å². The highest BCUT2D eigenvalue weighted by atomic mass is 35.5. The molecule has 0 fully saturated rings. The van der Waals surface area contributed by atoms with Crippen LogP contribution >= 0.6 is 11.6 Å². The summed E-state index contributed by atoms with van der Waals surface area (Å²) in [6, 6.07) is 1.14. The van der Waals surface area contributed by atoms with Crippen molar-refractivity contribution in [3.05, 3.63) is 23.1 Å². The lowest BCUT2D eigenvalue weighted by Gasteiger charge is -2.04. The Morgan fingerprint density at radius 2 is 2.43 bits per heavy atom. The Kier molecular flexibility index (Phi) is 3.64. The SMILES string of the molecule is NC(=O)CCNc1ncc(Cl)cc1F. The van der Waals surface area contributed by atoms with Gasteiger partial charge in [0.05, 0.1) is 5.02 Å². The third-order valence-corrected chi connectivity index (χ3v) is 1.68. The van der Waals surface area contributed by atoms with E-state index in [1.165, 1.54) is 6.20 Å². The van der Waals surface area contributed by atoms with Crippen LogP contribution in [0.2, 0.25) is 5.02 Å². The highest BCUT2D eigenvalue weighted by Gasteiger charge is 2.03. The van der Waals surface area contributed by atoms with Crippen LogP contribution in [0.5, 0.6) is 0 Å². The Morgan fingerprint density at radius 1 is 1.71 bits per heavy atom. The molecule has 0 saturated heterocycles. The summed E-state index contributed by atoms with van der Waals surface area (Å²) in [7, 11) is 0. The van der Waals surface area contributed by atoms with Crippen molar-refractivity contribution < 1.29 is 9.18 Å². The molecular weight excluding hydrogens is 209 g/mol. The zero-order valence-electron chi connectivity index (χ0n) is 7.26. The van der Waals surface area contributed by atoms with Crippen molar-refractivity contribution in [2.75, 3.05) is 11.9 Å². The molecule has 76 valence electrons. The smallest absolute Gasteiger partial charge is 0.219 e. The summed E-state index contributed by atoms with van der Waals surface area (Å²) in [4.78, 5) is 14.1. The van der Waals surface area contributed by atoms with Gasteiger partial charge in [-0.2, -0.15) is 0 Å². The first-order valence-electron chi connectivity index (χ1n) is 3.93. The van der Waals surface area contributed by atoms with Gasteiger partial charge in [-0.05, 0) is 6.07 Å². The number of carbonyl (C=O) groups excluding carboxylic acids is 1. The van der Waals surface area contributed by atoms with Gasteiger partial charge >= 0.3 is 0 Å². The highest BCUT2D eigenvalue weighted by molar-refractivity contribution is 6.30. The lowest BCUT2D eigenvalue weighted by molar-refractivity contribution is -0.117. The van der Waals surface area contributed by atoms with Gasteiger partial charge < -0.3 is 11.1 Å². The van der Waals surface area contributed by atoms with Crippen LogP contribution in [0.3, 0.4) is 0 Å². The fourth-order valence-corrected chi connectivity index (χ4v) is 0.993. The molecule has 6 heteroatoms. The molecule has 3 N–H and O–H groups in total. The Morgan fingerprint density at radius 3 is 3.00 bits per heavy atom. The molecule has 1 rings (SSSR count). The summed E-state index contributed by atoms with van der Waals surface area (Å²) < 4.78 is 13.0. The van der Waals surface area contributed by atoms with Gasteiger partial charge in [0.15, 0.2) is 11.6 Å². The number of nitrogens with zero attached hydrogens (tertiary/aromatic N) is 1. The number of primary amides is 1. The van der Waals surface area contributed by atoms with Crippen LogP contribution in [0, 0.1) is 5.82 Å². The maximum atomic E-state index is 13.0. The Hall–Kier alpha value is -1.36. The first-order chi connectivity index (χ1) is 6.59. The number of nitrogens with two attached hydrogens (primary N) is 1. The van der Waals surface area contributed by atoms with E-state index < -0.39 is 11.7 Å². The molecule has 1 amide bonds. The van der Waals surface area contributed by atoms with Crippen LogP contribution in [-0.2, 0) is 4.79 Å². The quantitative estimate of drug-likeness (QED) is 0.795. The molecule has 0 radical (unpaired) electrons. The first kappa shape index (κ1) is 10.7. The number of anilines is 1. The topological polar surface area (TPSA) is 68.0 Å². The number of pyridine rings is 1. The third kappa shape index (κ3) is 3.18. The van der Waals surface area contributed by atoms with E-state index in [2.05, 4.69) is 10.3 Å². The minimum atomic E-state index is -0.554. The van der Waals surface area contributed by atoms with Crippen molar-refractivity contribution in [3.63, 3.8) is 0 Å². The van der Waals surface area contributed by atoms with Crippen molar-refractivity contribution in [1.29, 1.82) is 0 Å². The predicted octanol–water partition coefficient (Wildman–Crippen LogP) is 1.16. The summed E-state index contributed by atoms with van der Waals surface area (Å²) in [5.74, 6) is -0.940. The second-order valence-electron chi connectivity index (χ2n) is 2.63. The third-order valence-electron chi connectivity index (χ3n) is 1.47. The first-order valence-corrected chi connectivity index (χ1v) is 4.30. The molecule has 0 spiro atoms. The lowest BCUT2D eigenvalue weighted by atomic mass is 10.4. The van der Waals surface area contributed by atoms with Crippen LogP contribution in [0.25, 0.3) is 0 Å². The van der Waals surface area contributed by atoms with Crippen LogP contribution in [0.15, 0.2) is 12.3 Å². The van der Waals surface area contributed by atoms with Gasteiger partial charge in [-0.1, -0.05) is 11.6 Å². The van der Waals surface area contributed by atoms with E-state index in [1.54, 1.807) is 0 Å². The van der Waals surface area contributed by atoms with E-state index in [0.717, 1.165) is 6.07 Å². The second-order valence-corrected chi connectivity index (χ2v) is 3.06. The molecule has 0 aliphatic heterocycles. The molecule has 1 aromatic heterocycles. The van der Waals surface area contributed by atoms with Crippen LogP contribution in [0.4, 0.5) is 10.2 Å². The van der Waals surface area contributed by atoms with Gasteiger partial charge in [0.25, 0.3) is 0 Å². The summed E-state index contributed by atoms with van der Waals surface area (Å²) in [6.45, 7) is 0.251. The van der Waals surface area contributed by atoms with Gasteiger partial charge in [0, 0.05) is 19.2 Å². The van der Waals surface area contributed by atoms with Crippen molar-refractivity contribution in [1.82, 2.24) is 4.98 Å². The maximum absolute atomic E-state index is 13.0. The average Bonchev–Trinajstić information content (AvgIpc) is 2.08. The molecule has 0 unspecified atom stereocenters. The van der Waals surface area contributed by atoms with Crippen molar-refractivity contribution in [2.45, 2.75) is 6.42 Å². The fraction of sp³-hybridized carbons (Fsp3) is 0.250. The Labute approximate surface area is 85.3 Å². The molecule has 1 aromatic rings. The number of nitrogens with one attached hydrogen (secondary N) is 1. The number of carbonyl (C=O) groups is 1. The number of hydrogen-bond donors (Lipinski definition) is 2. The molecule has 0 aromatic carbocycles. The Bertz CT molecular complexity index is 345. The van der Waals surface area contributed by atoms with E-state index >= 15 is 0 Å². The monoisotopic (exact) mass is 217 g/mol. The van der Waals surface area contributed by atoms with Crippen molar-refractivity contribution >= 4 is 23.3 Å². The molecule has 0 bridgehead atoms. The standard InChI is InChI=1S/C8H9ClFN3O/c9-5-3-6(10)8(13-4-5)12-2-1-7(11)14/h3-4H,1-2H2,(H2,11,14)(H,12,13). The number of amides is 1. The molecule has 0 saturated carbocycles. The van der Waals surface area contributed by atoms with Gasteiger partial charge in [0.2, 0.25) is 5.91 Å². The van der Waals surface area contributed by atoms with Crippen molar-refractivity contribution in [3.8, 4) is 0 Å². The molecule has 0 atom stereocenters.